The van der Waals surface area contributed by atoms with Gasteiger partial charge >= 0.3 is 0 Å². The number of fused-ring (bicyclic) bond motifs is 2. The molecule has 2 heterocycles. The number of hydrogen-bond donors (Lipinski definition) is 1. The molecule has 0 saturated carbocycles. The number of benzene rings is 2. The maximum Gasteiger partial charge on any atom is 0.293 e. The fraction of sp³-hybridized carbons (Fsp3) is 0.150. The van der Waals surface area contributed by atoms with E-state index in [4.69, 9.17) is 4.42 Å². The summed E-state index contributed by atoms with van der Waals surface area (Å²) in [5.74, 6) is -0.725. The number of hydrogen-bond acceptors (Lipinski definition) is 7. The van der Waals surface area contributed by atoms with E-state index in [2.05, 4.69) is 10.3 Å². The van der Waals surface area contributed by atoms with Crippen LogP contribution in [0.25, 0.3) is 21.2 Å². The average molecular weight is 428 g/mol. The minimum absolute atomic E-state index is 0.120. The topological polar surface area (TPSA) is 106 Å². The summed E-state index contributed by atoms with van der Waals surface area (Å²) in [4.78, 5) is 29.5. The van der Waals surface area contributed by atoms with Crippen LogP contribution in [0.2, 0.25) is 0 Å². The molecule has 0 aliphatic carbocycles. The Bertz CT molecular complexity index is 1470. The molecule has 0 atom stereocenters. The van der Waals surface area contributed by atoms with Crippen LogP contribution in [-0.2, 0) is 9.84 Å². The average Bonchev–Trinajstić information content (AvgIpc) is 3.03. The van der Waals surface area contributed by atoms with Crippen molar-refractivity contribution in [2.45, 2.75) is 18.7 Å². The van der Waals surface area contributed by atoms with Crippen LogP contribution in [0.15, 0.2) is 50.5 Å². The van der Waals surface area contributed by atoms with Crippen molar-refractivity contribution in [2.75, 3.05) is 11.6 Å². The van der Waals surface area contributed by atoms with Crippen molar-refractivity contribution in [3.05, 3.63) is 63.5 Å². The second-order valence-electron chi connectivity index (χ2n) is 6.81. The fourth-order valence-corrected chi connectivity index (χ4v) is 4.69. The molecule has 2 aromatic heterocycles. The van der Waals surface area contributed by atoms with Gasteiger partial charge in [0.15, 0.2) is 26.2 Å². The summed E-state index contributed by atoms with van der Waals surface area (Å²) in [7, 11) is -3.34. The van der Waals surface area contributed by atoms with E-state index < -0.39 is 15.7 Å². The molecular weight excluding hydrogens is 412 g/mol. The standard InChI is InChI=1S/C20H16N2O5S2/c1-10-6-11(2)18-13(7-10)15(23)9-16(27-18)19(24)22-20-21-14-5-4-12(29(3,25)26)8-17(14)28-20/h4-9H,1-3H3,(H,21,22,24). The predicted octanol–water partition coefficient (Wildman–Crippen LogP) is 3.68. The first-order chi connectivity index (χ1) is 13.6. The van der Waals surface area contributed by atoms with Crippen molar-refractivity contribution < 1.29 is 17.6 Å². The zero-order valence-corrected chi connectivity index (χ0v) is 17.4. The first-order valence-electron chi connectivity index (χ1n) is 8.59. The second-order valence-corrected chi connectivity index (χ2v) is 9.85. The Morgan fingerprint density at radius 2 is 1.90 bits per heavy atom. The normalized spacial score (nSPS) is 11.8. The van der Waals surface area contributed by atoms with Crippen molar-refractivity contribution >= 4 is 53.4 Å². The van der Waals surface area contributed by atoms with E-state index in [1.54, 1.807) is 12.1 Å². The molecule has 1 N–H and O–H groups in total. The summed E-state index contributed by atoms with van der Waals surface area (Å²) in [6.45, 7) is 3.70. The van der Waals surface area contributed by atoms with Gasteiger partial charge in [0.2, 0.25) is 0 Å². The summed E-state index contributed by atoms with van der Waals surface area (Å²) in [5, 5.41) is 3.32. The highest BCUT2D eigenvalue weighted by molar-refractivity contribution is 7.90. The van der Waals surface area contributed by atoms with E-state index in [1.807, 2.05) is 19.9 Å². The quantitative estimate of drug-likeness (QED) is 0.534. The number of aromatic nitrogens is 1. The predicted molar refractivity (Wildman–Crippen MR) is 113 cm³/mol. The van der Waals surface area contributed by atoms with Gasteiger partial charge in [0.05, 0.1) is 20.5 Å². The first-order valence-corrected chi connectivity index (χ1v) is 11.3. The molecule has 0 aliphatic rings. The fourth-order valence-electron chi connectivity index (χ4n) is 3.07. The number of amides is 1. The number of nitrogens with one attached hydrogen (secondary N) is 1. The Kier molecular flexibility index (Phi) is 4.51. The molecule has 9 heteroatoms. The molecule has 148 valence electrons. The van der Waals surface area contributed by atoms with Gasteiger partial charge < -0.3 is 4.42 Å². The van der Waals surface area contributed by atoms with Gasteiger partial charge in [-0.2, -0.15) is 0 Å². The Morgan fingerprint density at radius 1 is 1.14 bits per heavy atom. The van der Waals surface area contributed by atoms with Crippen LogP contribution in [0.3, 0.4) is 0 Å². The molecule has 4 aromatic rings. The zero-order chi connectivity index (χ0) is 20.9. The van der Waals surface area contributed by atoms with Crippen LogP contribution in [0.1, 0.15) is 21.7 Å². The third-order valence-corrected chi connectivity index (χ3v) is 6.43. The lowest BCUT2D eigenvalue weighted by atomic mass is 10.1. The smallest absolute Gasteiger partial charge is 0.293 e. The van der Waals surface area contributed by atoms with Crippen LogP contribution in [0, 0.1) is 13.8 Å². The van der Waals surface area contributed by atoms with Crippen LogP contribution in [-0.4, -0.2) is 25.6 Å². The minimum atomic E-state index is -3.34. The molecule has 0 bridgehead atoms. The van der Waals surface area contributed by atoms with Crippen LogP contribution < -0.4 is 10.7 Å². The maximum atomic E-state index is 12.6. The van der Waals surface area contributed by atoms with Gasteiger partial charge in [-0.05, 0) is 49.2 Å². The molecular formula is C20H16N2O5S2. The maximum absolute atomic E-state index is 12.6. The van der Waals surface area contributed by atoms with E-state index in [9.17, 15) is 18.0 Å². The van der Waals surface area contributed by atoms with Gasteiger partial charge in [0.25, 0.3) is 5.91 Å². The lowest BCUT2D eigenvalue weighted by molar-refractivity contribution is 0.0997. The molecule has 0 aliphatic heterocycles. The van der Waals surface area contributed by atoms with Gasteiger partial charge in [0, 0.05) is 12.3 Å². The number of carbonyl (C=O) groups is 1. The number of carbonyl (C=O) groups excluding carboxylic acids is 1. The molecule has 7 nitrogen and oxygen atoms in total. The second kappa shape index (κ2) is 6.78. The van der Waals surface area contributed by atoms with Gasteiger partial charge in [-0.1, -0.05) is 17.4 Å². The molecule has 4 rings (SSSR count). The van der Waals surface area contributed by atoms with Crippen molar-refractivity contribution in [3.8, 4) is 0 Å². The van der Waals surface area contributed by atoms with E-state index in [0.29, 0.717) is 21.2 Å². The monoisotopic (exact) mass is 428 g/mol. The number of sulfone groups is 1. The third-order valence-electron chi connectivity index (χ3n) is 4.39. The summed E-state index contributed by atoms with van der Waals surface area (Å²) < 4.78 is 29.7. The van der Waals surface area contributed by atoms with Crippen molar-refractivity contribution in [3.63, 3.8) is 0 Å². The number of rotatable bonds is 3. The number of aryl methyl sites for hydroxylation is 2. The van der Waals surface area contributed by atoms with Crippen molar-refractivity contribution in [2.24, 2.45) is 0 Å². The van der Waals surface area contributed by atoms with Gasteiger partial charge in [0.1, 0.15) is 5.58 Å². The molecule has 0 radical (unpaired) electrons. The molecule has 0 unspecified atom stereocenters. The van der Waals surface area contributed by atoms with E-state index >= 15 is 0 Å². The van der Waals surface area contributed by atoms with E-state index in [0.717, 1.165) is 34.8 Å². The Morgan fingerprint density at radius 3 is 2.62 bits per heavy atom. The first kappa shape index (κ1) is 19.3. The minimum Gasteiger partial charge on any atom is -0.450 e. The SMILES string of the molecule is Cc1cc(C)c2oc(C(=O)Nc3nc4ccc(S(C)(=O)=O)cc4s3)cc(=O)c2c1. The van der Waals surface area contributed by atoms with Crippen LogP contribution in [0.4, 0.5) is 5.13 Å². The molecule has 2 aromatic carbocycles. The number of thiazole rings is 1. The molecule has 0 saturated heterocycles. The van der Waals surface area contributed by atoms with E-state index in [1.165, 1.54) is 12.1 Å². The summed E-state index contributed by atoms with van der Waals surface area (Å²) in [5.41, 5.74) is 2.33. The van der Waals surface area contributed by atoms with Crippen molar-refractivity contribution in [1.82, 2.24) is 4.98 Å². The number of nitrogens with zero attached hydrogens (tertiary/aromatic N) is 1. The van der Waals surface area contributed by atoms with E-state index in [-0.39, 0.29) is 21.2 Å². The third kappa shape index (κ3) is 3.66. The lowest BCUT2D eigenvalue weighted by Gasteiger charge is -2.06. The highest BCUT2D eigenvalue weighted by Gasteiger charge is 2.17. The Balaban J connectivity index is 1.70. The van der Waals surface area contributed by atoms with Gasteiger partial charge in [-0.3, -0.25) is 14.9 Å². The molecule has 1 amide bonds. The highest BCUT2D eigenvalue weighted by atomic mass is 32.2. The van der Waals surface area contributed by atoms with Crippen LogP contribution in [0.5, 0.6) is 0 Å². The summed E-state index contributed by atoms with van der Waals surface area (Å²) >= 11 is 1.14. The Labute approximate surface area is 169 Å². The van der Waals surface area contributed by atoms with Crippen molar-refractivity contribution in [1.29, 1.82) is 0 Å². The molecule has 29 heavy (non-hydrogen) atoms. The molecule has 0 fully saturated rings. The zero-order valence-electron chi connectivity index (χ0n) is 15.8. The highest BCUT2D eigenvalue weighted by Crippen LogP contribution is 2.28. The van der Waals surface area contributed by atoms with Crippen LogP contribution >= 0.6 is 11.3 Å². The lowest BCUT2D eigenvalue weighted by Crippen LogP contribution is -2.15. The number of anilines is 1. The van der Waals surface area contributed by atoms with Gasteiger partial charge in [-0.25, -0.2) is 13.4 Å². The summed E-state index contributed by atoms with van der Waals surface area (Å²) in [6.07, 6.45) is 1.13. The van der Waals surface area contributed by atoms with Gasteiger partial charge in [-0.15, -0.1) is 0 Å². The largest absolute Gasteiger partial charge is 0.450 e. The molecule has 0 spiro atoms. The Hall–Kier alpha value is -3.04. The summed E-state index contributed by atoms with van der Waals surface area (Å²) in [6, 6.07) is 9.32.